The molecular weight excluding hydrogens is 391 g/mol. The molecule has 1 unspecified atom stereocenters. The van der Waals surface area contributed by atoms with E-state index in [2.05, 4.69) is 15.6 Å². The molecule has 0 radical (unpaired) electrons. The summed E-state index contributed by atoms with van der Waals surface area (Å²) in [6, 6.07) is 5.18. The first kappa shape index (κ1) is 20.6. The van der Waals surface area contributed by atoms with E-state index < -0.39 is 17.8 Å². The molecule has 142 valence electrons. The molecule has 2 heterocycles. The number of benzene rings is 1. The molecule has 1 amide bonds. The Morgan fingerprint density at radius 3 is 2.92 bits per heavy atom. The zero-order valence-electron chi connectivity index (χ0n) is 13.5. The molecule has 1 aromatic heterocycles. The number of rotatable bonds is 4. The van der Waals surface area contributed by atoms with E-state index in [9.17, 15) is 18.0 Å². The molecule has 1 aliphatic heterocycles. The second-order valence-corrected chi connectivity index (χ2v) is 6.67. The predicted octanol–water partition coefficient (Wildman–Crippen LogP) is 3.10. The molecule has 0 bridgehead atoms. The van der Waals surface area contributed by atoms with Gasteiger partial charge in [-0.25, -0.2) is 4.98 Å². The van der Waals surface area contributed by atoms with Gasteiger partial charge in [-0.1, -0.05) is 18.2 Å². The van der Waals surface area contributed by atoms with Crippen molar-refractivity contribution >= 4 is 34.8 Å². The number of nitrogens with one attached hydrogen (secondary N) is 2. The molecular formula is C16H17ClF3N3O2S. The third-order valence-corrected chi connectivity index (χ3v) is 4.55. The Labute approximate surface area is 158 Å². The highest BCUT2D eigenvalue weighted by Gasteiger charge is 2.30. The summed E-state index contributed by atoms with van der Waals surface area (Å²) in [6.07, 6.45) is -3.05. The van der Waals surface area contributed by atoms with E-state index in [0.29, 0.717) is 36.8 Å². The molecule has 1 aromatic carbocycles. The molecule has 5 nitrogen and oxygen atoms in total. The lowest BCUT2D eigenvalue weighted by Crippen LogP contribution is -2.45. The van der Waals surface area contributed by atoms with Crippen LogP contribution in [0.1, 0.15) is 16.0 Å². The first-order valence-electron chi connectivity index (χ1n) is 7.66. The van der Waals surface area contributed by atoms with Crippen molar-refractivity contribution in [3.8, 4) is 0 Å². The summed E-state index contributed by atoms with van der Waals surface area (Å²) in [5, 5.41) is 6.14. The number of nitrogens with zero attached hydrogens (tertiary/aromatic N) is 1. The Kier molecular flexibility index (Phi) is 6.99. The van der Waals surface area contributed by atoms with Crippen molar-refractivity contribution < 1.29 is 22.7 Å². The minimum Gasteiger partial charge on any atom is -0.366 e. The van der Waals surface area contributed by atoms with Crippen molar-refractivity contribution in [3.05, 3.63) is 46.5 Å². The first-order chi connectivity index (χ1) is 11.9. The highest BCUT2D eigenvalue weighted by atomic mass is 35.5. The molecule has 1 fully saturated rings. The largest absolute Gasteiger partial charge is 0.416 e. The lowest BCUT2D eigenvalue weighted by molar-refractivity contribution is -0.137. The maximum absolute atomic E-state index is 12.8. The van der Waals surface area contributed by atoms with Crippen molar-refractivity contribution in [2.45, 2.75) is 18.7 Å². The lowest BCUT2D eigenvalue weighted by atomic mass is 10.1. The summed E-state index contributed by atoms with van der Waals surface area (Å²) in [5.74, 6) is -0.285. The Hall–Kier alpha value is -1.68. The zero-order valence-corrected chi connectivity index (χ0v) is 15.1. The van der Waals surface area contributed by atoms with Gasteiger partial charge in [-0.3, -0.25) is 10.1 Å². The second-order valence-electron chi connectivity index (χ2n) is 5.56. The van der Waals surface area contributed by atoms with E-state index in [1.165, 1.54) is 17.4 Å². The van der Waals surface area contributed by atoms with E-state index in [-0.39, 0.29) is 18.3 Å². The minimum atomic E-state index is -4.36. The number of hydrogen-bond donors (Lipinski definition) is 2. The normalized spacial score (nSPS) is 17.4. The number of alkyl halides is 3. The Morgan fingerprint density at radius 1 is 1.42 bits per heavy atom. The quantitative estimate of drug-likeness (QED) is 0.817. The van der Waals surface area contributed by atoms with Crippen LogP contribution in [0, 0.1) is 0 Å². The summed E-state index contributed by atoms with van der Waals surface area (Å²) in [5.41, 5.74) is -0.138. The lowest BCUT2D eigenvalue weighted by Gasteiger charge is -2.22. The first-order valence-corrected chi connectivity index (χ1v) is 8.47. The van der Waals surface area contributed by atoms with Crippen LogP contribution in [0.15, 0.2) is 30.5 Å². The number of anilines is 1. The molecule has 3 rings (SSSR count). The maximum Gasteiger partial charge on any atom is 0.416 e. The third-order valence-electron chi connectivity index (χ3n) is 3.64. The van der Waals surface area contributed by atoms with Crippen molar-refractivity contribution in [1.29, 1.82) is 0 Å². The van der Waals surface area contributed by atoms with Crippen LogP contribution < -0.4 is 10.6 Å². The topological polar surface area (TPSA) is 63.2 Å². The van der Waals surface area contributed by atoms with E-state index in [1.54, 1.807) is 12.3 Å². The number of ether oxygens (including phenoxy) is 1. The highest BCUT2D eigenvalue weighted by molar-refractivity contribution is 7.15. The number of morpholine rings is 1. The third kappa shape index (κ3) is 5.41. The Balaban J connectivity index is 0.00000243. The van der Waals surface area contributed by atoms with E-state index >= 15 is 0 Å². The molecule has 2 aromatic rings. The van der Waals surface area contributed by atoms with Crippen LogP contribution in [0.3, 0.4) is 0 Å². The van der Waals surface area contributed by atoms with Gasteiger partial charge in [0.1, 0.15) is 6.10 Å². The number of carbonyl (C=O) groups excluding carboxylic acids is 1. The number of halogens is 4. The standard InChI is InChI=1S/C16H16F3N3O2S.ClH/c17-16(18,19)11-3-1-2-10(6-11)7-12-8-21-15(25-12)22-14(23)13-9-20-4-5-24-13;/h1-3,6,8,13,20H,4-5,7,9H2,(H,21,22,23);1H. The smallest absolute Gasteiger partial charge is 0.366 e. The molecule has 1 atom stereocenters. The summed E-state index contributed by atoms with van der Waals surface area (Å²) in [4.78, 5) is 16.9. The molecule has 1 aliphatic rings. The fraction of sp³-hybridized carbons (Fsp3) is 0.375. The summed E-state index contributed by atoms with van der Waals surface area (Å²) in [7, 11) is 0. The number of thiazole rings is 1. The van der Waals surface area contributed by atoms with Gasteiger partial charge in [-0.05, 0) is 11.6 Å². The van der Waals surface area contributed by atoms with Crippen LogP contribution in [0.25, 0.3) is 0 Å². The SMILES string of the molecule is Cl.O=C(Nc1ncc(Cc2cccc(C(F)(F)F)c2)s1)C1CNCCO1. The summed E-state index contributed by atoms with van der Waals surface area (Å²) in [6.45, 7) is 1.62. The molecule has 0 aliphatic carbocycles. The average molecular weight is 408 g/mol. The van der Waals surface area contributed by atoms with Crippen LogP contribution in [0.2, 0.25) is 0 Å². The van der Waals surface area contributed by atoms with Crippen LogP contribution >= 0.6 is 23.7 Å². The average Bonchev–Trinajstić information content (AvgIpc) is 3.02. The van der Waals surface area contributed by atoms with Gasteiger partial charge in [0.25, 0.3) is 5.91 Å². The second kappa shape index (κ2) is 8.81. The van der Waals surface area contributed by atoms with Crippen molar-refractivity contribution in [2.75, 3.05) is 25.0 Å². The monoisotopic (exact) mass is 407 g/mol. The maximum atomic E-state index is 12.8. The fourth-order valence-electron chi connectivity index (χ4n) is 2.43. The number of aromatic nitrogens is 1. The molecule has 26 heavy (non-hydrogen) atoms. The van der Waals surface area contributed by atoms with Gasteiger partial charge in [0.2, 0.25) is 0 Å². The van der Waals surface area contributed by atoms with Crippen LogP contribution in [0.5, 0.6) is 0 Å². The van der Waals surface area contributed by atoms with Crippen molar-refractivity contribution in [3.63, 3.8) is 0 Å². The van der Waals surface area contributed by atoms with Crippen LogP contribution in [-0.2, 0) is 22.1 Å². The van der Waals surface area contributed by atoms with Crippen LogP contribution in [-0.4, -0.2) is 36.7 Å². The molecule has 10 heteroatoms. The van der Waals surface area contributed by atoms with E-state index in [1.807, 2.05) is 0 Å². The number of hydrogen-bond acceptors (Lipinski definition) is 5. The number of carbonyl (C=O) groups is 1. The van der Waals surface area contributed by atoms with Gasteiger partial charge in [0.15, 0.2) is 5.13 Å². The summed E-state index contributed by atoms with van der Waals surface area (Å²) >= 11 is 1.23. The van der Waals surface area contributed by atoms with Crippen molar-refractivity contribution in [1.82, 2.24) is 10.3 Å². The zero-order chi connectivity index (χ0) is 17.9. The molecule has 0 saturated carbocycles. The molecule has 0 spiro atoms. The minimum absolute atomic E-state index is 0. The highest BCUT2D eigenvalue weighted by Crippen LogP contribution is 2.30. The van der Waals surface area contributed by atoms with Crippen molar-refractivity contribution in [2.24, 2.45) is 0 Å². The summed E-state index contributed by atoms with van der Waals surface area (Å²) < 4.78 is 43.6. The van der Waals surface area contributed by atoms with Gasteiger partial charge in [-0.15, -0.1) is 23.7 Å². The van der Waals surface area contributed by atoms with E-state index in [0.717, 1.165) is 17.0 Å². The Bertz CT molecular complexity index is 748. The van der Waals surface area contributed by atoms with Gasteiger partial charge in [-0.2, -0.15) is 13.2 Å². The van der Waals surface area contributed by atoms with Gasteiger partial charge >= 0.3 is 6.18 Å². The van der Waals surface area contributed by atoms with E-state index in [4.69, 9.17) is 4.74 Å². The number of amides is 1. The predicted molar refractivity (Wildman–Crippen MR) is 94.9 cm³/mol. The Morgan fingerprint density at radius 2 is 2.23 bits per heavy atom. The van der Waals surface area contributed by atoms with Gasteiger partial charge in [0.05, 0.1) is 12.2 Å². The molecule has 2 N–H and O–H groups in total. The van der Waals surface area contributed by atoms with Crippen LogP contribution in [0.4, 0.5) is 18.3 Å². The van der Waals surface area contributed by atoms with Gasteiger partial charge in [0, 0.05) is 30.6 Å². The molecule has 1 saturated heterocycles. The fourth-order valence-corrected chi connectivity index (χ4v) is 3.28. The van der Waals surface area contributed by atoms with Gasteiger partial charge < -0.3 is 10.1 Å².